The van der Waals surface area contributed by atoms with E-state index in [-0.39, 0.29) is 78.1 Å². The molecule has 0 saturated carbocycles. The highest BCUT2D eigenvalue weighted by Gasteiger charge is 2.19. The van der Waals surface area contributed by atoms with Gasteiger partial charge in [0.05, 0.1) is 20.6 Å². The van der Waals surface area contributed by atoms with Gasteiger partial charge in [0, 0.05) is 27.5 Å². The third kappa shape index (κ3) is 3.81. The van der Waals surface area contributed by atoms with Gasteiger partial charge in [-0.15, -0.1) is 0 Å². The third-order valence-corrected chi connectivity index (χ3v) is 7.24. The van der Waals surface area contributed by atoms with Crippen molar-refractivity contribution in [2.24, 2.45) is 0 Å². The molecule has 2 aromatic heterocycles. The summed E-state index contributed by atoms with van der Waals surface area (Å²) in [6, 6.07) is 5.13. The number of hydrogen-bond acceptors (Lipinski definition) is 4. The van der Waals surface area contributed by atoms with Crippen molar-refractivity contribution in [3.05, 3.63) is 139 Å². The lowest BCUT2D eigenvalue weighted by molar-refractivity contribution is 0.669. The summed E-state index contributed by atoms with van der Waals surface area (Å²) in [4.78, 5) is 14.2. The van der Waals surface area contributed by atoms with Crippen LogP contribution in [0.4, 0.5) is 0 Å². The highest BCUT2D eigenvalue weighted by molar-refractivity contribution is 6.14. The molecule has 0 aliphatic carbocycles. The highest BCUT2D eigenvalue weighted by Crippen LogP contribution is 2.38. The molecule has 0 aliphatic heterocycles. The number of furan rings is 1. The van der Waals surface area contributed by atoms with E-state index in [1.54, 1.807) is 18.2 Å². The smallest absolute Gasteiger partial charge is 0.164 e. The molecule has 4 heteroatoms. The molecular weight excluding hydrogens is 526 g/mol. The minimum absolute atomic E-state index is 0.0184. The second-order valence-electron chi connectivity index (χ2n) is 9.71. The van der Waals surface area contributed by atoms with Gasteiger partial charge in [0.25, 0.3) is 0 Å². The summed E-state index contributed by atoms with van der Waals surface area (Å²) in [6.45, 7) is 0. The molecule has 0 radical (unpaired) electrons. The molecule has 7 aromatic carbocycles. The Balaban J connectivity index is 1.51. The lowest BCUT2D eigenvalue weighted by Gasteiger charge is -2.13. The first-order valence-corrected chi connectivity index (χ1v) is 13.1. The van der Waals surface area contributed by atoms with E-state index in [1.165, 1.54) is 6.07 Å². The second-order valence-corrected chi connectivity index (χ2v) is 9.71. The number of para-hydroxylation sites is 1. The fraction of sp³-hybridized carbons (Fsp3) is 0. The zero-order valence-electron chi connectivity index (χ0n) is 36.9. The molecule has 9 rings (SSSR count). The molecule has 0 bridgehead atoms. The van der Waals surface area contributed by atoms with E-state index in [0.29, 0.717) is 5.56 Å². The largest absolute Gasteiger partial charge is 0.456 e. The summed E-state index contributed by atoms with van der Waals surface area (Å²) in [7, 11) is 0. The van der Waals surface area contributed by atoms with Crippen molar-refractivity contribution in [2.75, 3.05) is 0 Å². The number of aromatic nitrogens is 3. The predicted molar refractivity (Wildman–Crippen MR) is 176 cm³/mol. The molecule has 4 nitrogen and oxygen atoms in total. The predicted octanol–water partition coefficient (Wildman–Crippen LogP) is 10.2. The van der Waals surface area contributed by atoms with E-state index < -0.39 is 84.6 Å². The first kappa shape index (κ1) is 13.4. The highest BCUT2D eigenvalue weighted by atomic mass is 16.3. The van der Waals surface area contributed by atoms with Crippen molar-refractivity contribution >= 4 is 54.3 Å². The first-order chi connectivity index (χ1) is 27.5. The Hall–Kier alpha value is -5.87. The van der Waals surface area contributed by atoms with Gasteiger partial charge in [-0.25, -0.2) is 15.0 Å². The van der Waals surface area contributed by atoms with Crippen molar-refractivity contribution in [3.8, 4) is 34.2 Å². The topological polar surface area (TPSA) is 51.8 Å². The van der Waals surface area contributed by atoms with E-state index >= 15 is 0 Å². The Kier molecular flexibility index (Phi) is 2.91. The van der Waals surface area contributed by atoms with Crippen LogP contribution in [0.5, 0.6) is 0 Å². The van der Waals surface area contributed by atoms with E-state index in [2.05, 4.69) is 0 Å². The first-order valence-electron chi connectivity index (χ1n) is 20.6. The van der Waals surface area contributed by atoms with Crippen LogP contribution in [0.1, 0.15) is 20.6 Å². The normalized spacial score (nSPS) is 16.6. The molecule has 0 aliphatic rings. The molecule has 43 heavy (non-hydrogen) atoms. The average molecular weight is 565 g/mol. The van der Waals surface area contributed by atoms with Crippen molar-refractivity contribution in [1.82, 2.24) is 15.0 Å². The van der Waals surface area contributed by atoms with Gasteiger partial charge in [-0.05, 0) is 56.5 Å². The fourth-order valence-corrected chi connectivity index (χ4v) is 5.29. The standard InChI is InChI=1S/C39H23N3O/c1-2-11-25-22-27(21-20-24(25)10-1)37-40-38(32-17-9-19-35-36(32)31-16-7-8-18-34(31)43-35)42-39(41-37)33-23-26-12-3-4-13-28(26)29-14-5-6-15-30(29)33/h1-23H/i3D,4D,5D,6D,7D,8D,9D,12D,13D,14D,15D,17D,18D,19D,23D. The van der Waals surface area contributed by atoms with Gasteiger partial charge in [-0.1, -0.05) is 115 Å². The summed E-state index contributed by atoms with van der Waals surface area (Å²) in [5.41, 5.74) is -0.570. The molecule has 0 fully saturated rings. The molecule has 0 saturated heterocycles. The molecule has 200 valence electrons. The summed E-state index contributed by atoms with van der Waals surface area (Å²) >= 11 is 0. The quantitative estimate of drug-likeness (QED) is 0.200. The van der Waals surface area contributed by atoms with Crippen LogP contribution in [0, 0.1) is 0 Å². The Bertz CT molecular complexity index is 3370. The van der Waals surface area contributed by atoms with Crippen molar-refractivity contribution in [2.45, 2.75) is 0 Å². The van der Waals surface area contributed by atoms with E-state index in [4.69, 9.17) is 38.6 Å². The molecule has 0 N–H and O–H groups in total. The zero-order valence-corrected chi connectivity index (χ0v) is 21.9. The fourth-order valence-electron chi connectivity index (χ4n) is 5.29. The van der Waals surface area contributed by atoms with Gasteiger partial charge in [-0.3, -0.25) is 0 Å². The number of rotatable bonds is 3. The van der Waals surface area contributed by atoms with Crippen LogP contribution in [0.3, 0.4) is 0 Å². The van der Waals surface area contributed by atoms with Crippen LogP contribution in [0.15, 0.2) is 144 Å². The third-order valence-electron chi connectivity index (χ3n) is 7.24. The maximum atomic E-state index is 9.53. The Labute approximate surface area is 268 Å². The minimum atomic E-state index is -0.696. The molecule has 0 amide bonds. The number of hydrogen-bond donors (Lipinski definition) is 0. The lowest BCUT2D eigenvalue weighted by atomic mass is 9.96. The molecule has 0 unspecified atom stereocenters. The summed E-state index contributed by atoms with van der Waals surface area (Å²) < 4.78 is 137. The summed E-state index contributed by atoms with van der Waals surface area (Å²) in [6.07, 6.45) is 0. The molecular formula is C39H23N3O. The van der Waals surface area contributed by atoms with Gasteiger partial charge in [0.2, 0.25) is 0 Å². The molecule has 2 heterocycles. The van der Waals surface area contributed by atoms with Gasteiger partial charge in [-0.2, -0.15) is 0 Å². The van der Waals surface area contributed by atoms with Crippen LogP contribution in [0.25, 0.3) is 88.4 Å². The van der Waals surface area contributed by atoms with Crippen LogP contribution >= 0.6 is 0 Å². The van der Waals surface area contributed by atoms with Gasteiger partial charge in [0.1, 0.15) is 11.2 Å². The monoisotopic (exact) mass is 564 g/mol. The van der Waals surface area contributed by atoms with Crippen LogP contribution in [0.2, 0.25) is 0 Å². The van der Waals surface area contributed by atoms with Crippen molar-refractivity contribution in [1.29, 1.82) is 0 Å². The van der Waals surface area contributed by atoms with Crippen LogP contribution in [-0.2, 0) is 0 Å². The molecule has 9 aromatic rings. The lowest BCUT2D eigenvalue weighted by Crippen LogP contribution is -2.01. The number of benzene rings is 7. The van der Waals surface area contributed by atoms with Crippen LogP contribution in [-0.4, -0.2) is 15.0 Å². The summed E-state index contributed by atoms with van der Waals surface area (Å²) in [5.74, 6) is -0.775. The summed E-state index contributed by atoms with van der Waals surface area (Å²) in [5, 5.41) is 0.411. The van der Waals surface area contributed by atoms with Crippen LogP contribution < -0.4 is 0 Å². The van der Waals surface area contributed by atoms with Crippen molar-refractivity contribution < 1.29 is 25.0 Å². The second kappa shape index (κ2) is 9.33. The van der Waals surface area contributed by atoms with E-state index in [1.807, 2.05) is 24.3 Å². The maximum absolute atomic E-state index is 9.53. The van der Waals surface area contributed by atoms with Gasteiger partial charge >= 0.3 is 0 Å². The molecule has 0 atom stereocenters. The average Bonchev–Trinajstić information content (AvgIpc) is 3.59. The zero-order chi connectivity index (χ0) is 41.4. The Morgan fingerprint density at radius 2 is 1.21 bits per heavy atom. The van der Waals surface area contributed by atoms with E-state index in [0.717, 1.165) is 10.8 Å². The number of fused-ring (bicyclic) bond motifs is 7. The van der Waals surface area contributed by atoms with Gasteiger partial charge < -0.3 is 4.42 Å². The van der Waals surface area contributed by atoms with E-state index in [9.17, 15) is 1.37 Å². The van der Waals surface area contributed by atoms with Gasteiger partial charge in [0.15, 0.2) is 17.5 Å². The minimum Gasteiger partial charge on any atom is -0.456 e. The Morgan fingerprint density at radius 1 is 0.488 bits per heavy atom. The SMILES string of the molecule is [2H]c1cc2c(oc3c([2H])c([2H])c([2H])c(-c4nc(-c5ccc6ccccc6c5)nc(-c5c([2H])c6c([2H])c([2H])c([2H])c([2H])c6c6c([2H])c([2H])c([2H])c([2H])c56)n4)c32)c([2H])c1[2H]. The molecule has 0 spiro atoms. The maximum Gasteiger partial charge on any atom is 0.164 e. The Morgan fingerprint density at radius 3 is 2.12 bits per heavy atom. The van der Waals surface area contributed by atoms with Crippen molar-refractivity contribution in [3.63, 3.8) is 0 Å². The number of nitrogens with zero attached hydrogens (tertiary/aromatic N) is 3.